The average Bonchev–Trinajstić information content (AvgIpc) is 2.87. The van der Waals surface area contributed by atoms with Crippen LogP contribution in [0.3, 0.4) is 0 Å². The first-order valence-electron chi connectivity index (χ1n) is 4.87. The van der Waals surface area contributed by atoms with E-state index >= 15 is 0 Å². The smallest absolute Gasteiger partial charge is 0.129 e. The van der Waals surface area contributed by atoms with Crippen LogP contribution in [0.2, 0.25) is 0 Å². The van der Waals surface area contributed by atoms with Crippen LogP contribution in [0.4, 0.5) is 4.39 Å². The van der Waals surface area contributed by atoms with Crippen LogP contribution >= 0.6 is 15.9 Å². The van der Waals surface area contributed by atoms with Gasteiger partial charge < -0.3 is 5.73 Å². The molecule has 0 amide bonds. The maximum absolute atomic E-state index is 13.5. The molecule has 1 aromatic carbocycles. The Labute approximate surface area is 91.6 Å². The van der Waals surface area contributed by atoms with Crippen molar-refractivity contribution in [1.82, 2.24) is 0 Å². The molecule has 2 rings (SSSR count). The molecule has 2 N–H and O–H groups in total. The number of benzene rings is 1. The summed E-state index contributed by atoms with van der Waals surface area (Å²) in [6.07, 6.45) is 3.43. The molecule has 0 bridgehead atoms. The first-order chi connectivity index (χ1) is 6.66. The lowest BCUT2D eigenvalue weighted by Crippen LogP contribution is -2.12. The van der Waals surface area contributed by atoms with Gasteiger partial charge in [0.05, 0.1) is 0 Å². The Morgan fingerprint density at radius 2 is 2.21 bits per heavy atom. The van der Waals surface area contributed by atoms with E-state index in [1.807, 2.05) is 6.07 Å². The molecule has 1 nitrogen and oxygen atoms in total. The summed E-state index contributed by atoms with van der Waals surface area (Å²) in [5, 5.41) is 0. The molecule has 1 aliphatic rings. The molecule has 0 saturated heterocycles. The summed E-state index contributed by atoms with van der Waals surface area (Å²) in [5.74, 6) is 0.528. The van der Waals surface area contributed by atoms with Crippen LogP contribution < -0.4 is 5.73 Å². The Morgan fingerprint density at radius 1 is 1.50 bits per heavy atom. The van der Waals surface area contributed by atoms with E-state index in [1.54, 1.807) is 6.07 Å². The highest BCUT2D eigenvalue weighted by atomic mass is 79.9. The molecule has 76 valence electrons. The van der Waals surface area contributed by atoms with Crippen molar-refractivity contribution in [3.05, 3.63) is 34.1 Å². The van der Waals surface area contributed by atoms with E-state index in [4.69, 9.17) is 5.73 Å². The van der Waals surface area contributed by atoms with Gasteiger partial charge in [-0.05, 0) is 24.5 Å². The van der Waals surface area contributed by atoms with Crippen molar-refractivity contribution in [2.45, 2.75) is 25.3 Å². The van der Waals surface area contributed by atoms with Crippen LogP contribution in [0.1, 0.15) is 30.9 Å². The van der Waals surface area contributed by atoms with E-state index in [-0.39, 0.29) is 11.9 Å². The van der Waals surface area contributed by atoms with Crippen molar-refractivity contribution in [2.24, 2.45) is 11.7 Å². The van der Waals surface area contributed by atoms with Gasteiger partial charge >= 0.3 is 0 Å². The molecule has 0 radical (unpaired) electrons. The Bertz CT molecular complexity index is 336. The second-order valence-electron chi connectivity index (χ2n) is 3.95. The largest absolute Gasteiger partial charge is 0.324 e. The SMILES string of the molecule is N[C@@H](CC1CC1)c1ccc(Br)cc1F. The molecule has 1 saturated carbocycles. The summed E-state index contributed by atoms with van der Waals surface area (Å²) in [6.45, 7) is 0. The van der Waals surface area contributed by atoms with Gasteiger partial charge in [-0.3, -0.25) is 0 Å². The van der Waals surface area contributed by atoms with Gasteiger partial charge in [-0.15, -0.1) is 0 Å². The molecular weight excluding hydrogens is 245 g/mol. The quantitative estimate of drug-likeness (QED) is 0.883. The molecule has 0 unspecified atom stereocenters. The minimum atomic E-state index is -0.201. The highest BCUT2D eigenvalue weighted by Gasteiger charge is 2.25. The molecule has 1 fully saturated rings. The van der Waals surface area contributed by atoms with Crippen molar-refractivity contribution in [2.75, 3.05) is 0 Å². The average molecular weight is 258 g/mol. The van der Waals surface area contributed by atoms with Crippen molar-refractivity contribution in [3.8, 4) is 0 Å². The van der Waals surface area contributed by atoms with E-state index in [9.17, 15) is 4.39 Å². The van der Waals surface area contributed by atoms with Crippen LogP contribution in [0.25, 0.3) is 0 Å². The first-order valence-corrected chi connectivity index (χ1v) is 5.66. The van der Waals surface area contributed by atoms with Crippen molar-refractivity contribution < 1.29 is 4.39 Å². The zero-order chi connectivity index (χ0) is 10.1. The molecule has 1 atom stereocenters. The third kappa shape index (κ3) is 2.34. The summed E-state index contributed by atoms with van der Waals surface area (Å²) in [4.78, 5) is 0. The molecule has 0 heterocycles. The van der Waals surface area contributed by atoms with Crippen molar-refractivity contribution in [1.29, 1.82) is 0 Å². The highest BCUT2D eigenvalue weighted by Crippen LogP contribution is 2.37. The van der Waals surface area contributed by atoms with E-state index < -0.39 is 0 Å². The second-order valence-corrected chi connectivity index (χ2v) is 4.87. The van der Waals surface area contributed by atoms with Gasteiger partial charge in [0.25, 0.3) is 0 Å². The fraction of sp³-hybridized carbons (Fsp3) is 0.455. The fourth-order valence-electron chi connectivity index (χ4n) is 1.64. The Kier molecular flexibility index (Phi) is 2.88. The van der Waals surface area contributed by atoms with Gasteiger partial charge in [0.15, 0.2) is 0 Å². The Morgan fingerprint density at radius 3 is 2.79 bits per heavy atom. The summed E-state index contributed by atoms with van der Waals surface area (Å²) in [5.41, 5.74) is 6.57. The summed E-state index contributed by atoms with van der Waals surface area (Å²) < 4.78 is 14.2. The van der Waals surface area contributed by atoms with Gasteiger partial charge in [-0.1, -0.05) is 34.8 Å². The zero-order valence-corrected chi connectivity index (χ0v) is 9.43. The second kappa shape index (κ2) is 3.99. The Balaban J connectivity index is 2.13. The highest BCUT2D eigenvalue weighted by molar-refractivity contribution is 9.10. The molecule has 14 heavy (non-hydrogen) atoms. The van der Waals surface area contributed by atoms with Crippen LogP contribution in [0.5, 0.6) is 0 Å². The summed E-state index contributed by atoms with van der Waals surface area (Å²) in [7, 11) is 0. The topological polar surface area (TPSA) is 26.0 Å². The summed E-state index contributed by atoms with van der Waals surface area (Å²) >= 11 is 3.23. The molecular formula is C11H13BrFN. The van der Waals surface area contributed by atoms with E-state index in [1.165, 1.54) is 18.9 Å². The maximum atomic E-state index is 13.5. The number of hydrogen-bond donors (Lipinski definition) is 1. The van der Waals surface area contributed by atoms with Gasteiger partial charge in [0.2, 0.25) is 0 Å². The van der Waals surface area contributed by atoms with Gasteiger partial charge in [-0.25, -0.2) is 4.39 Å². The van der Waals surface area contributed by atoms with Gasteiger partial charge in [-0.2, -0.15) is 0 Å². The minimum Gasteiger partial charge on any atom is -0.324 e. The van der Waals surface area contributed by atoms with Crippen LogP contribution in [0.15, 0.2) is 22.7 Å². The number of hydrogen-bond acceptors (Lipinski definition) is 1. The van der Waals surface area contributed by atoms with Gasteiger partial charge in [0.1, 0.15) is 5.82 Å². The van der Waals surface area contributed by atoms with Crippen LogP contribution in [0, 0.1) is 11.7 Å². The van der Waals surface area contributed by atoms with Crippen LogP contribution in [-0.2, 0) is 0 Å². The standard InChI is InChI=1S/C11H13BrFN/c12-8-3-4-9(10(13)6-8)11(14)5-7-1-2-7/h3-4,6-7,11H,1-2,5,14H2/t11-/m0/s1. The van der Waals surface area contributed by atoms with E-state index in [0.29, 0.717) is 5.56 Å². The van der Waals surface area contributed by atoms with E-state index in [2.05, 4.69) is 15.9 Å². The predicted octanol–water partition coefficient (Wildman–Crippen LogP) is 3.39. The minimum absolute atomic E-state index is 0.143. The molecule has 0 aliphatic heterocycles. The lowest BCUT2D eigenvalue weighted by Gasteiger charge is -2.12. The third-order valence-corrected chi connectivity index (χ3v) is 3.14. The molecule has 0 spiro atoms. The number of halogens is 2. The molecule has 1 aromatic rings. The lowest BCUT2D eigenvalue weighted by atomic mass is 10.0. The maximum Gasteiger partial charge on any atom is 0.129 e. The molecule has 3 heteroatoms. The van der Waals surface area contributed by atoms with Gasteiger partial charge in [0, 0.05) is 16.1 Å². The fourth-order valence-corrected chi connectivity index (χ4v) is 1.97. The Hall–Kier alpha value is -0.410. The first kappa shape index (κ1) is 10.1. The number of nitrogens with two attached hydrogens (primary N) is 1. The normalized spacial score (nSPS) is 18.2. The number of rotatable bonds is 3. The molecule has 1 aliphatic carbocycles. The third-order valence-electron chi connectivity index (χ3n) is 2.65. The van der Waals surface area contributed by atoms with E-state index in [0.717, 1.165) is 16.8 Å². The van der Waals surface area contributed by atoms with Crippen molar-refractivity contribution >= 4 is 15.9 Å². The summed E-state index contributed by atoms with van der Waals surface area (Å²) in [6, 6.07) is 4.94. The molecule has 0 aromatic heterocycles. The predicted molar refractivity (Wildman–Crippen MR) is 58.4 cm³/mol. The zero-order valence-electron chi connectivity index (χ0n) is 7.84. The monoisotopic (exact) mass is 257 g/mol. The van der Waals surface area contributed by atoms with Crippen molar-refractivity contribution in [3.63, 3.8) is 0 Å². The van der Waals surface area contributed by atoms with Crippen LogP contribution in [-0.4, -0.2) is 0 Å². The lowest BCUT2D eigenvalue weighted by molar-refractivity contribution is 0.542.